The number of aryl methyl sites for hydroxylation is 2. The third-order valence-electron chi connectivity index (χ3n) is 4.49. The summed E-state index contributed by atoms with van der Waals surface area (Å²) in [6.45, 7) is 7.75. The van der Waals surface area contributed by atoms with E-state index in [9.17, 15) is 13.2 Å². The first-order chi connectivity index (χ1) is 10.8. The van der Waals surface area contributed by atoms with Crippen LogP contribution in [0, 0.1) is 13.8 Å². The molecule has 1 amide bonds. The van der Waals surface area contributed by atoms with E-state index in [2.05, 4.69) is 13.0 Å². The molecule has 0 unspecified atom stereocenters. The Kier molecular flexibility index (Phi) is 5.81. The summed E-state index contributed by atoms with van der Waals surface area (Å²) in [6, 6.07) is 6.08. The van der Waals surface area contributed by atoms with E-state index in [1.54, 1.807) is 11.8 Å². The average Bonchev–Trinajstić information content (AvgIpc) is 2.77. The maximum Gasteiger partial charge on any atom is 0.227 e. The minimum Gasteiger partial charge on any atom is -0.341 e. The van der Waals surface area contributed by atoms with Gasteiger partial charge in [0.2, 0.25) is 15.9 Å². The molecule has 0 atom stereocenters. The average molecular weight is 338 g/mol. The Morgan fingerprint density at radius 2 is 1.83 bits per heavy atom. The van der Waals surface area contributed by atoms with Crippen molar-refractivity contribution in [2.45, 2.75) is 33.6 Å². The third-order valence-corrected chi connectivity index (χ3v) is 6.37. The molecule has 23 heavy (non-hydrogen) atoms. The number of rotatable bonds is 4. The molecule has 1 aliphatic heterocycles. The quantitative estimate of drug-likeness (QED) is 0.840. The number of carbonyl (C=O) groups excluding carboxylic acids is 1. The van der Waals surface area contributed by atoms with Crippen molar-refractivity contribution in [3.8, 4) is 0 Å². The molecule has 0 spiro atoms. The number of benzene rings is 1. The summed E-state index contributed by atoms with van der Waals surface area (Å²) in [5.74, 6) is 0.188. The van der Waals surface area contributed by atoms with Crippen LogP contribution in [-0.4, -0.2) is 55.5 Å². The second-order valence-corrected chi connectivity index (χ2v) is 8.39. The van der Waals surface area contributed by atoms with E-state index in [-0.39, 0.29) is 11.7 Å². The predicted octanol–water partition coefficient (Wildman–Crippen LogP) is 1.73. The van der Waals surface area contributed by atoms with Gasteiger partial charge in [0.1, 0.15) is 0 Å². The zero-order valence-electron chi connectivity index (χ0n) is 14.2. The van der Waals surface area contributed by atoms with Crippen molar-refractivity contribution in [3.63, 3.8) is 0 Å². The lowest BCUT2D eigenvalue weighted by Crippen LogP contribution is -2.38. The molecule has 6 heteroatoms. The zero-order valence-corrected chi connectivity index (χ0v) is 15.0. The van der Waals surface area contributed by atoms with Gasteiger partial charge in [0.05, 0.1) is 12.2 Å². The van der Waals surface area contributed by atoms with Crippen LogP contribution in [0.4, 0.5) is 0 Å². The van der Waals surface area contributed by atoms with Crippen LogP contribution >= 0.6 is 0 Å². The summed E-state index contributed by atoms with van der Waals surface area (Å²) >= 11 is 0. The zero-order chi connectivity index (χ0) is 17.0. The molecule has 1 saturated heterocycles. The van der Waals surface area contributed by atoms with Crippen molar-refractivity contribution in [1.82, 2.24) is 9.21 Å². The lowest BCUT2D eigenvalue weighted by Gasteiger charge is -2.21. The van der Waals surface area contributed by atoms with Crippen LogP contribution in [0.2, 0.25) is 0 Å². The summed E-state index contributed by atoms with van der Waals surface area (Å²) in [7, 11) is -3.17. The molecule has 5 nitrogen and oxygen atoms in total. The van der Waals surface area contributed by atoms with E-state index in [1.165, 1.54) is 15.4 Å². The molecule has 0 aromatic heterocycles. The van der Waals surface area contributed by atoms with Crippen molar-refractivity contribution in [1.29, 1.82) is 0 Å². The Labute approximate surface area is 139 Å². The summed E-state index contributed by atoms with van der Waals surface area (Å²) < 4.78 is 25.4. The van der Waals surface area contributed by atoms with Crippen LogP contribution in [0.15, 0.2) is 18.2 Å². The molecule has 0 saturated carbocycles. The smallest absolute Gasteiger partial charge is 0.227 e. The number of hydrogen-bond acceptors (Lipinski definition) is 3. The normalized spacial score (nSPS) is 17.1. The van der Waals surface area contributed by atoms with E-state index in [0.29, 0.717) is 39.0 Å². The Bertz CT molecular complexity index is 670. The molecule has 1 heterocycles. The maximum absolute atomic E-state index is 12.5. The minimum absolute atomic E-state index is 0.0731. The standard InChI is InChI=1S/C17H26N2O3S/c1-4-23(21,22)19-9-5-8-18(10-11-19)17(20)13-16-7-6-14(2)15(3)12-16/h6-7,12H,4-5,8-11,13H2,1-3H3. The molecule has 0 bridgehead atoms. The first-order valence-electron chi connectivity index (χ1n) is 8.15. The SMILES string of the molecule is CCS(=O)(=O)N1CCCN(C(=O)Cc2ccc(C)c(C)c2)CC1. The van der Waals surface area contributed by atoms with Crippen LogP contribution in [0.25, 0.3) is 0 Å². The van der Waals surface area contributed by atoms with Gasteiger partial charge in [-0.2, -0.15) is 0 Å². The van der Waals surface area contributed by atoms with Gasteiger partial charge >= 0.3 is 0 Å². The van der Waals surface area contributed by atoms with E-state index in [1.807, 2.05) is 19.1 Å². The highest BCUT2D eigenvalue weighted by atomic mass is 32.2. The molecular weight excluding hydrogens is 312 g/mol. The summed E-state index contributed by atoms with van der Waals surface area (Å²) in [6.07, 6.45) is 1.07. The fourth-order valence-corrected chi connectivity index (χ4v) is 3.94. The predicted molar refractivity (Wildman–Crippen MR) is 91.9 cm³/mol. The van der Waals surface area contributed by atoms with Crippen molar-refractivity contribution in [3.05, 3.63) is 34.9 Å². The lowest BCUT2D eigenvalue weighted by molar-refractivity contribution is -0.130. The van der Waals surface area contributed by atoms with Crippen molar-refractivity contribution in [2.75, 3.05) is 31.9 Å². The lowest BCUT2D eigenvalue weighted by atomic mass is 10.0. The van der Waals surface area contributed by atoms with E-state index in [0.717, 1.165) is 5.56 Å². The third kappa shape index (κ3) is 4.54. The molecule has 128 valence electrons. The van der Waals surface area contributed by atoms with Crippen LogP contribution in [0.3, 0.4) is 0 Å². The monoisotopic (exact) mass is 338 g/mol. The topological polar surface area (TPSA) is 57.7 Å². The second-order valence-electron chi connectivity index (χ2n) is 6.13. The number of carbonyl (C=O) groups is 1. The first kappa shape index (κ1) is 17.9. The van der Waals surface area contributed by atoms with E-state index in [4.69, 9.17) is 0 Å². The first-order valence-corrected chi connectivity index (χ1v) is 9.76. The van der Waals surface area contributed by atoms with Gasteiger partial charge in [-0.05, 0) is 43.9 Å². The van der Waals surface area contributed by atoms with Gasteiger partial charge in [-0.15, -0.1) is 0 Å². The molecule has 0 N–H and O–H groups in total. The fraction of sp³-hybridized carbons (Fsp3) is 0.588. The maximum atomic E-state index is 12.5. The number of nitrogens with zero attached hydrogens (tertiary/aromatic N) is 2. The van der Waals surface area contributed by atoms with Gasteiger partial charge in [0, 0.05) is 26.2 Å². The van der Waals surface area contributed by atoms with E-state index < -0.39 is 10.0 Å². The molecule has 1 aromatic rings. The molecule has 0 aliphatic carbocycles. The fourth-order valence-electron chi connectivity index (χ4n) is 2.80. The molecule has 1 aromatic carbocycles. The number of hydrogen-bond donors (Lipinski definition) is 0. The van der Waals surface area contributed by atoms with Crippen LogP contribution < -0.4 is 0 Å². The van der Waals surface area contributed by atoms with Crippen molar-refractivity contribution in [2.24, 2.45) is 0 Å². The van der Waals surface area contributed by atoms with Crippen LogP contribution in [0.5, 0.6) is 0 Å². The van der Waals surface area contributed by atoms with E-state index >= 15 is 0 Å². The number of sulfonamides is 1. The van der Waals surface area contributed by atoms with Gasteiger partial charge in [-0.3, -0.25) is 4.79 Å². The summed E-state index contributed by atoms with van der Waals surface area (Å²) in [5.41, 5.74) is 3.42. The van der Waals surface area contributed by atoms with Crippen LogP contribution in [-0.2, 0) is 21.2 Å². The largest absolute Gasteiger partial charge is 0.341 e. The van der Waals surface area contributed by atoms with Crippen molar-refractivity contribution >= 4 is 15.9 Å². The Morgan fingerprint density at radius 1 is 1.09 bits per heavy atom. The molecular formula is C17H26N2O3S. The van der Waals surface area contributed by atoms with Gasteiger partial charge < -0.3 is 4.90 Å². The van der Waals surface area contributed by atoms with Gasteiger partial charge in [-0.1, -0.05) is 18.2 Å². The molecule has 2 rings (SSSR count). The number of amides is 1. The van der Waals surface area contributed by atoms with Crippen LogP contribution in [0.1, 0.15) is 30.0 Å². The van der Waals surface area contributed by atoms with Gasteiger partial charge in [0.15, 0.2) is 0 Å². The highest BCUT2D eigenvalue weighted by Crippen LogP contribution is 2.13. The van der Waals surface area contributed by atoms with Gasteiger partial charge in [-0.25, -0.2) is 12.7 Å². The Morgan fingerprint density at radius 3 is 2.48 bits per heavy atom. The Hall–Kier alpha value is -1.40. The highest BCUT2D eigenvalue weighted by molar-refractivity contribution is 7.89. The second kappa shape index (κ2) is 7.45. The molecule has 0 radical (unpaired) electrons. The Balaban J connectivity index is 1.99. The summed E-state index contributed by atoms with van der Waals surface area (Å²) in [4.78, 5) is 14.3. The molecule has 1 aliphatic rings. The van der Waals surface area contributed by atoms with Crippen molar-refractivity contribution < 1.29 is 13.2 Å². The summed E-state index contributed by atoms with van der Waals surface area (Å²) in [5, 5.41) is 0. The minimum atomic E-state index is -3.17. The van der Waals surface area contributed by atoms with Gasteiger partial charge in [0.25, 0.3) is 0 Å². The molecule has 1 fully saturated rings. The highest BCUT2D eigenvalue weighted by Gasteiger charge is 2.25.